The van der Waals surface area contributed by atoms with Crippen LogP contribution in [0.4, 0.5) is 5.69 Å². The van der Waals surface area contributed by atoms with Crippen LogP contribution in [0.15, 0.2) is 24.3 Å². The fraction of sp³-hybridized carbons (Fsp3) is 0.750. The zero-order chi connectivity index (χ0) is 28.2. The summed E-state index contributed by atoms with van der Waals surface area (Å²) >= 11 is 0. The van der Waals surface area contributed by atoms with E-state index >= 15 is 0 Å². The van der Waals surface area contributed by atoms with E-state index in [1.54, 1.807) is 12.1 Å². The number of ether oxygens (including phenoxy) is 7. The van der Waals surface area contributed by atoms with Gasteiger partial charge in [0.25, 0.3) is 5.69 Å². The predicted molar refractivity (Wildman–Crippen MR) is 146 cm³/mol. The molecule has 0 unspecified atom stereocenters. The molecule has 11 nitrogen and oxygen atoms in total. The van der Waals surface area contributed by atoms with Crippen LogP contribution in [0.5, 0.6) is 5.75 Å². The second-order valence-corrected chi connectivity index (χ2v) is 8.75. The Balaban J connectivity index is 1.73. The van der Waals surface area contributed by atoms with E-state index < -0.39 is 4.92 Å². The van der Waals surface area contributed by atoms with Gasteiger partial charge in [-0.3, -0.25) is 14.9 Å². The molecule has 0 aliphatic heterocycles. The Bertz CT molecular complexity index is 717. The molecule has 0 radical (unpaired) electrons. The van der Waals surface area contributed by atoms with E-state index in [1.165, 1.54) is 44.2 Å². The first-order valence-electron chi connectivity index (χ1n) is 14.0. The number of nitro groups is 1. The Morgan fingerprint density at radius 2 is 1.08 bits per heavy atom. The molecule has 0 aliphatic rings. The van der Waals surface area contributed by atoms with Crippen LogP contribution in [0.1, 0.15) is 58.3 Å². The molecular weight excluding hydrogens is 510 g/mol. The number of unbranched alkanes of at least 4 members (excludes halogenated alkanes) is 6. The molecule has 0 spiro atoms. The van der Waals surface area contributed by atoms with E-state index in [1.807, 2.05) is 0 Å². The molecule has 39 heavy (non-hydrogen) atoms. The summed E-state index contributed by atoms with van der Waals surface area (Å²) in [5, 5.41) is 10.6. The van der Waals surface area contributed by atoms with Crippen LogP contribution < -0.4 is 4.74 Å². The van der Waals surface area contributed by atoms with Gasteiger partial charge in [0, 0.05) is 18.6 Å². The lowest BCUT2D eigenvalue weighted by atomic mass is 10.1. The molecule has 0 aromatic heterocycles. The summed E-state index contributed by atoms with van der Waals surface area (Å²) in [5.41, 5.74) is 0.0264. The molecule has 1 aromatic rings. The molecule has 1 rings (SSSR count). The van der Waals surface area contributed by atoms with Gasteiger partial charge in [-0.05, 0) is 18.6 Å². The molecule has 0 N–H and O–H groups in total. The number of rotatable bonds is 28. The summed E-state index contributed by atoms with van der Waals surface area (Å²) in [4.78, 5) is 21.8. The van der Waals surface area contributed by atoms with Crippen molar-refractivity contribution in [2.75, 3.05) is 79.3 Å². The summed E-state index contributed by atoms with van der Waals surface area (Å²) in [7, 11) is 0. The van der Waals surface area contributed by atoms with Crippen LogP contribution in [0, 0.1) is 10.1 Å². The maximum Gasteiger partial charge on any atom is 0.305 e. The number of non-ortho nitro benzene ring substituents is 1. The van der Waals surface area contributed by atoms with Gasteiger partial charge in [0.15, 0.2) is 0 Å². The zero-order valence-corrected chi connectivity index (χ0v) is 23.5. The highest BCUT2D eigenvalue weighted by Gasteiger charge is 2.04. The first kappa shape index (κ1) is 34.7. The smallest absolute Gasteiger partial charge is 0.305 e. The first-order valence-corrected chi connectivity index (χ1v) is 14.0. The van der Waals surface area contributed by atoms with Crippen LogP contribution >= 0.6 is 0 Å². The minimum absolute atomic E-state index is 0.0264. The predicted octanol–water partition coefficient (Wildman–Crippen LogP) is 4.74. The average molecular weight is 558 g/mol. The van der Waals surface area contributed by atoms with Crippen LogP contribution in [0.3, 0.4) is 0 Å². The summed E-state index contributed by atoms with van der Waals surface area (Å²) in [6.45, 7) is 7.24. The molecule has 0 bridgehead atoms. The molecule has 0 heterocycles. The number of nitro benzene ring substituents is 1. The molecule has 224 valence electrons. The van der Waals surface area contributed by atoms with E-state index in [9.17, 15) is 14.9 Å². The van der Waals surface area contributed by atoms with E-state index in [4.69, 9.17) is 33.2 Å². The molecule has 0 fully saturated rings. The van der Waals surface area contributed by atoms with Crippen molar-refractivity contribution in [1.82, 2.24) is 0 Å². The van der Waals surface area contributed by atoms with Gasteiger partial charge in [-0.2, -0.15) is 0 Å². The van der Waals surface area contributed by atoms with Crippen molar-refractivity contribution in [3.63, 3.8) is 0 Å². The van der Waals surface area contributed by atoms with E-state index in [0.29, 0.717) is 84.8 Å². The lowest BCUT2D eigenvalue weighted by Crippen LogP contribution is -2.15. The van der Waals surface area contributed by atoms with Gasteiger partial charge in [0.2, 0.25) is 0 Å². The third-order valence-electron chi connectivity index (χ3n) is 5.51. The quantitative estimate of drug-likeness (QED) is 0.0617. The Labute approximate surface area is 232 Å². The van der Waals surface area contributed by atoms with Crippen molar-refractivity contribution in [3.8, 4) is 5.75 Å². The number of hydrogen-bond acceptors (Lipinski definition) is 10. The number of nitrogens with zero attached hydrogens (tertiary/aromatic N) is 1. The second-order valence-electron chi connectivity index (χ2n) is 8.75. The Morgan fingerprint density at radius 3 is 1.56 bits per heavy atom. The maximum absolute atomic E-state index is 11.7. The maximum atomic E-state index is 11.7. The van der Waals surface area contributed by atoms with Gasteiger partial charge < -0.3 is 33.2 Å². The highest BCUT2D eigenvalue weighted by molar-refractivity contribution is 5.69. The molecule has 0 aliphatic carbocycles. The van der Waals surface area contributed by atoms with Crippen molar-refractivity contribution in [3.05, 3.63) is 34.4 Å². The normalized spacial score (nSPS) is 11.0. The minimum atomic E-state index is -0.452. The topological polar surface area (TPSA) is 125 Å². The van der Waals surface area contributed by atoms with Crippen LogP contribution in [-0.2, 0) is 33.2 Å². The summed E-state index contributed by atoms with van der Waals surface area (Å²) in [6, 6.07) is 5.91. The van der Waals surface area contributed by atoms with Crippen LogP contribution in [0.25, 0.3) is 0 Å². The third kappa shape index (κ3) is 22.2. The largest absolute Gasteiger partial charge is 0.491 e. The SMILES string of the molecule is CCCCCCCCCC(=O)OCCOCCOCCOCCOCCOCCOc1ccc([N+](=O)[O-])cc1. The van der Waals surface area contributed by atoms with Crippen molar-refractivity contribution >= 4 is 11.7 Å². The van der Waals surface area contributed by atoms with Gasteiger partial charge in [-0.15, -0.1) is 0 Å². The van der Waals surface area contributed by atoms with E-state index in [0.717, 1.165) is 12.8 Å². The number of carbonyl (C=O) groups is 1. The number of esters is 1. The van der Waals surface area contributed by atoms with E-state index in [2.05, 4.69) is 6.92 Å². The van der Waals surface area contributed by atoms with Gasteiger partial charge in [-0.1, -0.05) is 45.4 Å². The highest BCUT2D eigenvalue weighted by atomic mass is 16.6. The molecule has 1 aromatic carbocycles. The van der Waals surface area contributed by atoms with Crippen molar-refractivity contribution in [1.29, 1.82) is 0 Å². The van der Waals surface area contributed by atoms with Gasteiger partial charge in [0.1, 0.15) is 19.0 Å². The monoisotopic (exact) mass is 557 g/mol. The fourth-order valence-corrected chi connectivity index (χ4v) is 3.38. The second kappa shape index (κ2) is 25.9. The number of carbonyl (C=O) groups excluding carboxylic acids is 1. The van der Waals surface area contributed by atoms with Crippen molar-refractivity contribution < 1.29 is 42.9 Å². The zero-order valence-electron chi connectivity index (χ0n) is 23.5. The standard InChI is InChI=1S/C28H47NO10/c1-2-3-4-5-6-7-8-9-28(30)39-25-23-37-21-19-35-17-15-33-14-16-34-18-20-36-22-24-38-27-12-10-26(11-13-27)29(31)32/h10-13H,2-9,14-25H2,1H3. The molecule has 11 heteroatoms. The van der Waals surface area contributed by atoms with Crippen LogP contribution in [0.2, 0.25) is 0 Å². The van der Waals surface area contributed by atoms with Gasteiger partial charge in [-0.25, -0.2) is 0 Å². The molecule has 0 atom stereocenters. The number of hydrogen-bond donors (Lipinski definition) is 0. The summed E-state index contributed by atoms with van der Waals surface area (Å²) in [6.07, 6.45) is 8.75. The Hall–Kier alpha value is -2.31. The van der Waals surface area contributed by atoms with E-state index in [-0.39, 0.29) is 18.3 Å². The summed E-state index contributed by atoms with van der Waals surface area (Å²) < 4.78 is 37.7. The number of benzene rings is 1. The van der Waals surface area contributed by atoms with Crippen molar-refractivity contribution in [2.24, 2.45) is 0 Å². The summed E-state index contributed by atoms with van der Waals surface area (Å²) in [5.74, 6) is 0.407. The Morgan fingerprint density at radius 1 is 0.641 bits per heavy atom. The minimum Gasteiger partial charge on any atom is -0.491 e. The highest BCUT2D eigenvalue weighted by Crippen LogP contribution is 2.17. The van der Waals surface area contributed by atoms with Gasteiger partial charge >= 0.3 is 5.97 Å². The molecule has 0 amide bonds. The van der Waals surface area contributed by atoms with Crippen molar-refractivity contribution in [2.45, 2.75) is 58.3 Å². The lowest BCUT2D eigenvalue weighted by molar-refractivity contribution is -0.384. The lowest BCUT2D eigenvalue weighted by Gasteiger charge is -2.09. The van der Waals surface area contributed by atoms with Gasteiger partial charge in [0.05, 0.1) is 71.0 Å². The molecular formula is C28H47NO10. The average Bonchev–Trinajstić information content (AvgIpc) is 2.94. The molecule has 0 saturated carbocycles. The molecule has 0 saturated heterocycles. The first-order chi connectivity index (χ1) is 19.1. The Kier molecular flexibility index (Phi) is 23.1. The fourth-order valence-electron chi connectivity index (χ4n) is 3.38. The third-order valence-corrected chi connectivity index (χ3v) is 5.51. The van der Waals surface area contributed by atoms with Crippen LogP contribution in [-0.4, -0.2) is 90.2 Å².